The largest absolute Gasteiger partial charge is 0.378 e. The Morgan fingerprint density at radius 1 is 0.933 bits per heavy atom. The molecule has 5 saturated carbocycles. The molecule has 1 aromatic rings. The van der Waals surface area contributed by atoms with Gasteiger partial charge in [-0.3, -0.25) is 14.6 Å². The highest BCUT2D eigenvalue weighted by Crippen LogP contribution is 2.77. The minimum atomic E-state index is -0.381. The van der Waals surface area contributed by atoms with Crippen molar-refractivity contribution in [3.63, 3.8) is 0 Å². The zero-order chi connectivity index (χ0) is 32.0. The lowest BCUT2D eigenvalue weighted by Gasteiger charge is -2.72. The third kappa shape index (κ3) is 4.30. The van der Waals surface area contributed by atoms with Crippen LogP contribution in [0.3, 0.4) is 0 Å². The summed E-state index contributed by atoms with van der Waals surface area (Å²) >= 11 is 0. The van der Waals surface area contributed by atoms with E-state index in [1.165, 1.54) is 24.8 Å². The van der Waals surface area contributed by atoms with E-state index >= 15 is 0 Å². The SMILES string of the molecule is C=C(C)[C@@H]1CC[C@]2(C(=O)N3CCOCC3)CC[C@]3(C)[C@H](CC[C@@H]4[C@@]5(C)C/C(=C/c6ccncc6)C(=O)C(C)(C)[C@@H]5CC[C@]43C)[C@@H]12. The summed E-state index contributed by atoms with van der Waals surface area (Å²) in [4.78, 5) is 35.0. The van der Waals surface area contributed by atoms with Gasteiger partial charge in [0.2, 0.25) is 5.91 Å². The van der Waals surface area contributed by atoms with Gasteiger partial charge < -0.3 is 9.64 Å². The van der Waals surface area contributed by atoms with E-state index in [1.807, 2.05) is 24.5 Å². The minimum absolute atomic E-state index is 0.0544. The van der Waals surface area contributed by atoms with Gasteiger partial charge in [0.15, 0.2) is 5.78 Å². The highest BCUT2D eigenvalue weighted by molar-refractivity contribution is 6.04. The molecule has 1 aliphatic heterocycles. The monoisotopic (exact) mass is 612 g/mol. The fourth-order valence-corrected chi connectivity index (χ4v) is 13.2. The summed E-state index contributed by atoms with van der Waals surface area (Å²) in [5.74, 6) is 3.00. The van der Waals surface area contributed by atoms with Crippen LogP contribution in [0.2, 0.25) is 0 Å². The van der Waals surface area contributed by atoms with E-state index in [0.717, 1.165) is 62.8 Å². The average Bonchev–Trinajstić information content (AvgIpc) is 3.42. The van der Waals surface area contributed by atoms with Crippen LogP contribution in [0, 0.1) is 56.7 Å². The summed E-state index contributed by atoms with van der Waals surface area (Å²) in [5, 5.41) is 0. The first-order chi connectivity index (χ1) is 21.3. The second-order valence-electron chi connectivity index (χ2n) is 17.4. The first-order valence-electron chi connectivity index (χ1n) is 18.0. The Labute approximate surface area is 271 Å². The van der Waals surface area contributed by atoms with Gasteiger partial charge in [-0.25, -0.2) is 0 Å². The van der Waals surface area contributed by atoms with Crippen molar-refractivity contribution in [2.45, 2.75) is 99.3 Å². The molecule has 6 fully saturated rings. The highest BCUT2D eigenvalue weighted by Gasteiger charge is 2.72. The molecule has 5 heteroatoms. The fourth-order valence-electron chi connectivity index (χ4n) is 13.2. The number of morpholine rings is 1. The molecular formula is C40H56N2O3. The number of pyridine rings is 1. The minimum Gasteiger partial charge on any atom is -0.378 e. The topological polar surface area (TPSA) is 59.5 Å². The Morgan fingerprint density at radius 2 is 1.64 bits per heavy atom. The standard InChI is InChI=1S/C40H56N2O3/c1-26(2)29-10-15-40(35(44)42-20-22-45-23-21-42)17-16-38(6)30(33(29)40)8-9-32-37(5)25-28(24-27-12-18-41-19-13-27)34(43)36(3,4)31(37)11-14-39(32,38)7/h12-13,18-19,24,29-33H,1,8-11,14-17,20-23,25H2,2-7H3/b28-24-/t29-,30+,31-,32+,33+,37-,38+,39+,40-/m0/s1. The highest BCUT2D eigenvalue weighted by atomic mass is 16.5. The molecular weight excluding hydrogens is 556 g/mol. The number of nitrogens with zero attached hydrogens (tertiary/aromatic N) is 2. The lowest BCUT2D eigenvalue weighted by Crippen LogP contribution is -2.67. The van der Waals surface area contributed by atoms with Crippen LogP contribution in [0.4, 0.5) is 0 Å². The maximum atomic E-state index is 14.6. The number of hydrogen-bond donors (Lipinski definition) is 0. The van der Waals surface area contributed by atoms with Gasteiger partial charge in [-0.05, 0) is 140 Å². The van der Waals surface area contributed by atoms with Crippen LogP contribution in [0.5, 0.6) is 0 Å². The molecule has 0 N–H and O–H groups in total. The van der Waals surface area contributed by atoms with Crippen LogP contribution >= 0.6 is 0 Å². The summed E-state index contributed by atoms with van der Waals surface area (Å²) in [6.07, 6.45) is 15.6. The van der Waals surface area contributed by atoms with E-state index < -0.39 is 0 Å². The third-order valence-electron chi connectivity index (χ3n) is 15.4. The van der Waals surface area contributed by atoms with Crippen molar-refractivity contribution in [2.75, 3.05) is 26.3 Å². The molecule has 0 unspecified atom stereocenters. The van der Waals surface area contributed by atoms with Crippen molar-refractivity contribution in [1.29, 1.82) is 0 Å². The number of carbonyl (C=O) groups is 2. The Morgan fingerprint density at radius 3 is 2.33 bits per heavy atom. The number of carbonyl (C=O) groups excluding carboxylic acids is 2. The zero-order valence-electron chi connectivity index (χ0n) is 28.8. The van der Waals surface area contributed by atoms with Crippen LogP contribution < -0.4 is 0 Å². The van der Waals surface area contributed by atoms with Crippen molar-refractivity contribution < 1.29 is 14.3 Å². The molecule has 1 amide bonds. The summed E-state index contributed by atoms with van der Waals surface area (Å²) in [6, 6.07) is 4.04. The molecule has 6 aliphatic rings. The van der Waals surface area contributed by atoms with Crippen LogP contribution in [0.15, 0.2) is 42.3 Å². The zero-order valence-corrected chi connectivity index (χ0v) is 28.8. The molecule has 5 aliphatic carbocycles. The first kappa shape index (κ1) is 31.3. The molecule has 0 radical (unpaired) electrons. The number of ether oxygens (including phenoxy) is 1. The Hall–Kier alpha value is -2.27. The number of ketones is 1. The molecule has 45 heavy (non-hydrogen) atoms. The quantitative estimate of drug-likeness (QED) is 0.255. The first-order valence-corrected chi connectivity index (χ1v) is 18.0. The molecule has 0 bridgehead atoms. The van der Waals surface area contributed by atoms with E-state index in [1.54, 1.807) is 0 Å². The predicted octanol–water partition coefficient (Wildman–Crippen LogP) is 8.16. The third-order valence-corrected chi connectivity index (χ3v) is 15.4. The molecule has 1 aromatic heterocycles. The summed E-state index contributed by atoms with van der Waals surface area (Å²) in [7, 11) is 0. The molecule has 0 aromatic carbocycles. The molecule has 2 heterocycles. The van der Waals surface area contributed by atoms with Gasteiger partial charge in [-0.1, -0.05) is 46.8 Å². The lowest BCUT2D eigenvalue weighted by atomic mass is 9.32. The Bertz CT molecular complexity index is 1410. The van der Waals surface area contributed by atoms with Crippen molar-refractivity contribution in [1.82, 2.24) is 9.88 Å². The predicted molar refractivity (Wildman–Crippen MR) is 179 cm³/mol. The lowest BCUT2D eigenvalue weighted by molar-refractivity contribution is -0.231. The Balaban J connectivity index is 1.27. The van der Waals surface area contributed by atoms with Gasteiger partial charge in [0, 0.05) is 30.9 Å². The number of Topliss-reactive ketones (excluding diaryl/α,β-unsaturated/α-hetero) is 1. The van der Waals surface area contributed by atoms with E-state index in [2.05, 4.69) is 64.1 Å². The van der Waals surface area contributed by atoms with Crippen molar-refractivity contribution in [2.24, 2.45) is 56.7 Å². The van der Waals surface area contributed by atoms with E-state index in [4.69, 9.17) is 4.74 Å². The molecule has 244 valence electrons. The van der Waals surface area contributed by atoms with Crippen LogP contribution in [-0.4, -0.2) is 47.9 Å². The van der Waals surface area contributed by atoms with Crippen LogP contribution in [0.1, 0.15) is 105 Å². The summed E-state index contributed by atoms with van der Waals surface area (Å²) < 4.78 is 5.66. The van der Waals surface area contributed by atoms with E-state index in [-0.39, 0.29) is 27.1 Å². The molecule has 1 saturated heterocycles. The van der Waals surface area contributed by atoms with Gasteiger partial charge in [0.25, 0.3) is 0 Å². The normalized spacial score (nSPS) is 44.8. The molecule has 5 nitrogen and oxygen atoms in total. The van der Waals surface area contributed by atoms with Gasteiger partial charge in [-0.15, -0.1) is 0 Å². The number of aromatic nitrogens is 1. The summed E-state index contributed by atoms with van der Waals surface area (Å²) in [6.45, 7) is 21.8. The Kier molecular flexibility index (Phi) is 7.40. The average molecular weight is 613 g/mol. The van der Waals surface area contributed by atoms with Gasteiger partial charge in [-0.2, -0.15) is 0 Å². The van der Waals surface area contributed by atoms with E-state index in [9.17, 15) is 9.59 Å². The van der Waals surface area contributed by atoms with Gasteiger partial charge in [0.05, 0.1) is 18.6 Å². The second kappa shape index (κ2) is 10.6. The molecule has 9 atom stereocenters. The maximum Gasteiger partial charge on any atom is 0.229 e. The number of rotatable bonds is 3. The number of fused-ring (bicyclic) bond motifs is 7. The second-order valence-corrected chi connectivity index (χ2v) is 17.4. The molecule has 7 rings (SSSR count). The van der Waals surface area contributed by atoms with Crippen molar-refractivity contribution in [3.05, 3.63) is 47.8 Å². The fraction of sp³-hybridized carbons (Fsp3) is 0.725. The summed E-state index contributed by atoms with van der Waals surface area (Å²) in [5.41, 5.74) is 3.08. The van der Waals surface area contributed by atoms with Crippen LogP contribution in [0.25, 0.3) is 6.08 Å². The number of amides is 1. The van der Waals surface area contributed by atoms with E-state index in [0.29, 0.717) is 54.5 Å². The van der Waals surface area contributed by atoms with Gasteiger partial charge in [0.1, 0.15) is 0 Å². The maximum absolute atomic E-state index is 14.6. The van der Waals surface area contributed by atoms with Crippen molar-refractivity contribution >= 4 is 17.8 Å². The van der Waals surface area contributed by atoms with Gasteiger partial charge >= 0.3 is 0 Å². The number of hydrogen-bond acceptors (Lipinski definition) is 4. The smallest absolute Gasteiger partial charge is 0.229 e. The number of allylic oxidation sites excluding steroid dienone is 2. The molecule has 0 spiro atoms. The van der Waals surface area contributed by atoms with Crippen molar-refractivity contribution in [3.8, 4) is 0 Å². The van der Waals surface area contributed by atoms with Crippen LogP contribution in [-0.2, 0) is 14.3 Å².